The highest BCUT2D eigenvalue weighted by Crippen LogP contribution is 2.34. The van der Waals surface area contributed by atoms with E-state index in [2.05, 4.69) is 9.97 Å². The van der Waals surface area contributed by atoms with E-state index in [9.17, 15) is 15.0 Å². The number of phenols is 1. The summed E-state index contributed by atoms with van der Waals surface area (Å²) in [7, 11) is 1.47. The van der Waals surface area contributed by atoms with Crippen LogP contribution < -0.4 is 9.64 Å². The second-order valence-corrected chi connectivity index (χ2v) is 5.70. The number of hydrogen-bond donors (Lipinski definition) is 3. The Morgan fingerprint density at radius 3 is 2.76 bits per heavy atom. The average Bonchev–Trinajstić information content (AvgIpc) is 3.14. The van der Waals surface area contributed by atoms with Crippen LogP contribution >= 0.6 is 0 Å². The lowest BCUT2D eigenvalue weighted by Crippen LogP contribution is -2.26. The van der Waals surface area contributed by atoms with Crippen LogP contribution in [0.15, 0.2) is 48.2 Å². The van der Waals surface area contributed by atoms with E-state index in [0.717, 1.165) is 5.52 Å². The van der Waals surface area contributed by atoms with Gasteiger partial charge in [-0.2, -0.15) is 0 Å². The number of benzene rings is 2. The molecule has 2 heterocycles. The SMILES string of the molecule is COc1cc(O)cc(N2CC(O)=C(c3nc4ccccc4[nH]3)C2=O)c1. The highest BCUT2D eigenvalue weighted by molar-refractivity contribution is 6.29. The fourth-order valence-corrected chi connectivity index (χ4v) is 2.92. The molecule has 1 aliphatic rings. The summed E-state index contributed by atoms with van der Waals surface area (Å²) >= 11 is 0. The van der Waals surface area contributed by atoms with Crippen LogP contribution in [0.3, 0.4) is 0 Å². The number of nitrogens with zero attached hydrogens (tertiary/aromatic N) is 2. The number of aliphatic hydroxyl groups is 1. The number of hydrogen-bond acceptors (Lipinski definition) is 5. The minimum absolute atomic E-state index is 0.00216. The number of fused-ring (bicyclic) bond motifs is 1. The molecule has 1 amide bonds. The summed E-state index contributed by atoms with van der Waals surface area (Å²) in [5.74, 6) is 0.229. The molecular formula is C18H15N3O4. The molecule has 0 spiro atoms. The highest BCUT2D eigenvalue weighted by atomic mass is 16.5. The predicted octanol–water partition coefficient (Wildman–Crippen LogP) is 2.59. The lowest BCUT2D eigenvalue weighted by Gasteiger charge is -2.17. The Hall–Kier alpha value is -3.48. The summed E-state index contributed by atoms with van der Waals surface area (Å²) in [6.07, 6.45) is 0. The second-order valence-electron chi connectivity index (χ2n) is 5.70. The number of H-pyrrole nitrogens is 1. The van der Waals surface area contributed by atoms with E-state index in [4.69, 9.17) is 4.74 Å². The number of para-hydroxylation sites is 2. The number of nitrogens with one attached hydrogen (secondary N) is 1. The smallest absolute Gasteiger partial charge is 0.265 e. The molecule has 0 fully saturated rings. The van der Waals surface area contributed by atoms with Crippen LogP contribution in [0, 0.1) is 0 Å². The van der Waals surface area contributed by atoms with Crippen molar-refractivity contribution in [2.45, 2.75) is 0 Å². The number of aromatic amines is 1. The number of aromatic hydroxyl groups is 1. The van der Waals surface area contributed by atoms with Crippen molar-refractivity contribution in [3.05, 3.63) is 54.0 Å². The van der Waals surface area contributed by atoms with Gasteiger partial charge in [0.2, 0.25) is 0 Å². The van der Waals surface area contributed by atoms with Crippen molar-refractivity contribution in [2.75, 3.05) is 18.6 Å². The number of aliphatic hydroxyl groups excluding tert-OH is 1. The van der Waals surface area contributed by atoms with Gasteiger partial charge in [-0.05, 0) is 12.1 Å². The van der Waals surface area contributed by atoms with Crippen molar-refractivity contribution >= 4 is 28.2 Å². The molecule has 4 rings (SSSR count). The molecule has 7 nitrogen and oxygen atoms in total. The third-order valence-corrected chi connectivity index (χ3v) is 4.11. The molecule has 0 bridgehead atoms. The van der Waals surface area contributed by atoms with Gasteiger partial charge in [-0.15, -0.1) is 0 Å². The first-order valence-electron chi connectivity index (χ1n) is 7.64. The maximum absolute atomic E-state index is 12.8. The van der Waals surface area contributed by atoms with Gasteiger partial charge in [0, 0.05) is 18.2 Å². The first kappa shape index (κ1) is 15.1. The van der Waals surface area contributed by atoms with Gasteiger partial charge in [-0.3, -0.25) is 4.79 Å². The monoisotopic (exact) mass is 337 g/mol. The summed E-state index contributed by atoms with van der Waals surface area (Å²) in [5.41, 5.74) is 2.05. The highest BCUT2D eigenvalue weighted by Gasteiger charge is 2.34. The molecule has 2 aromatic carbocycles. The van der Waals surface area contributed by atoms with Gasteiger partial charge in [-0.1, -0.05) is 12.1 Å². The zero-order chi connectivity index (χ0) is 17.6. The lowest BCUT2D eigenvalue weighted by molar-refractivity contribution is -0.112. The zero-order valence-electron chi connectivity index (χ0n) is 13.4. The van der Waals surface area contributed by atoms with Crippen LogP contribution in [0.1, 0.15) is 5.82 Å². The average molecular weight is 337 g/mol. The number of aromatic nitrogens is 2. The third-order valence-electron chi connectivity index (χ3n) is 4.11. The molecule has 7 heteroatoms. The number of amides is 1. The summed E-state index contributed by atoms with van der Waals surface area (Å²) in [6, 6.07) is 11.9. The molecule has 0 aliphatic carbocycles. The zero-order valence-corrected chi connectivity index (χ0v) is 13.4. The van der Waals surface area contributed by atoms with Crippen LogP contribution in [0.4, 0.5) is 5.69 Å². The predicted molar refractivity (Wildman–Crippen MR) is 92.7 cm³/mol. The van der Waals surface area contributed by atoms with E-state index in [1.54, 1.807) is 6.07 Å². The number of carbonyl (C=O) groups is 1. The summed E-state index contributed by atoms with van der Waals surface area (Å²) in [4.78, 5) is 21.6. The van der Waals surface area contributed by atoms with E-state index < -0.39 is 5.91 Å². The Bertz CT molecular complexity index is 989. The second kappa shape index (κ2) is 5.55. The molecule has 1 aliphatic heterocycles. The van der Waals surface area contributed by atoms with Crippen molar-refractivity contribution in [1.29, 1.82) is 0 Å². The number of rotatable bonds is 3. The molecule has 0 atom stereocenters. The minimum Gasteiger partial charge on any atom is -0.509 e. The molecule has 0 radical (unpaired) electrons. The van der Waals surface area contributed by atoms with Gasteiger partial charge in [0.25, 0.3) is 5.91 Å². The standard InChI is InChI=1S/C18H15N3O4/c1-25-12-7-10(6-11(22)8-12)21-9-15(23)16(18(21)24)17-19-13-4-2-3-5-14(13)20-17/h2-8,22-23H,9H2,1H3,(H,19,20). The number of phenolic OH excluding ortho intramolecular Hbond substituents is 1. The van der Waals surface area contributed by atoms with Crippen LogP contribution in [0.25, 0.3) is 16.6 Å². The van der Waals surface area contributed by atoms with E-state index in [1.807, 2.05) is 24.3 Å². The van der Waals surface area contributed by atoms with E-state index >= 15 is 0 Å². The molecule has 0 saturated carbocycles. The van der Waals surface area contributed by atoms with Crippen LogP contribution in [0.5, 0.6) is 11.5 Å². The van der Waals surface area contributed by atoms with Crippen molar-refractivity contribution in [3.8, 4) is 11.5 Å². The number of carbonyl (C=O) groups excluding carboxylic acids is 1. The third kappa shape index (κ3) is 2.46. The van der Waals surface area contributed by atoms with Crippen LogP contribution in [0.2, 0.25) is 0 Å². The van der Waals surface area contributed by atoms with Gasteiger partial charge in [0.1, 0.15) is 28.7 Å². The van der Waals surface area contributed by atoms with E-state index in [1.165, 1.54) is 24.1 Å². The summed E-state index contributed by atoms with van der Waals surface area (Å²) < 4.78 is 5.12. The van der Waals surface area contributed by atoms with E-state index in [-0.39, 0.29) is 23.6 Å². The van der Waals surface area contributed by atoms with Crippen LogP contribution in [-0.2, 0) is 4.79 Å². The molecule has 0 saturated heterocycles. The molecule has 3 N–H and O–H groups in total. The Labute approximate surface area is 142 Å². The normalized spacial score (nSPS) is 14.6. The van der Waals surface area contributed by atoms with Gasteiger partial charge in [0.15, 0.2) is 0 Å². The molecular weight excluding hydrogens is 322 g/mol. The largest absolute Gasteiger partial charge is 0.509 e. The van der Waals surface area contributed by atoms with Crippen molar-refractivity contribution < 1.29 is 19.7 Å². The van der Waals surface area contributed by atoms with Crippen molar-refractivity contribution in [1.82, 2.24) is 9.97 Å². The maximum atomic E-state index is 12.8. The molecule has 0 unspecified atom stereocenters. The summed E-state index contributed by atoms with van der Waals surface area (Å²) in [5, 5.41) is 20.1. The fraction of sp³-hybridized carbons (Fsp3) is 0.111. The van der Waals surface area contributed by atoms with Gasteiger partial charge >= 0.3 is 0 Å². The topological polar surface area (TPSA) is 98.7 Å². The van der Waals surface area contributed by atoms with Crippen molar-refractivity contribution in [3.63, 3.8) is 0 Å². The molecule has 126 valence electrons. The number of imidazole rings is 1. The molecule has 3 aromatic rings. The Balaban J connectivity index is 1.73. The quantitative estimate of drug-likeness (QED) is 0.682. The van der Waals surface area contributed by atoms with Crippen LogP contribution in [-0.4, -0.2) is 39.7 Å². The van der Waals surface area contributed by atoms with E-state index in [0.29, 0.717) is 22.8 Å². The Morgan fingerprint density at radius 1 is 1.20 bits per heavy atom. The van der Waals surface area contributed by atoms with Gasteiger partial charge in [-0.25, -0.2) is 4.98 Å². The first-order valence-corrected chi connectivity index (χ1v) is 7.64. The molecule has 25 heavy (non-hydrogen) atoms. The summed E-state index contributed by atoms with van der Waals surface area (Å²) in [6.45, 7) is -0.00216. The lowest BCUT2D eigenvalue weighted by atomic mass is 10.2. The first-order chi connectivity index (χ1) is 12.1. The number of methoxy groups -OCH3 is 1. The van der Waals surface area contributed by atoms with Gasteiger partial charge < -0.3 is 24.8 Å². The van der Waals surface area contributed by atoms with Crippen molar-refractivity contribution in [2.24, 2.45) is 0 Å². The fourth-order valence-electron chi connectivity index (χ4n) is 2.92. The molecule has 1 aromatic heterocycles. The Kier molecular flexibility index (Phi) is 3.35. The maximum Gasteiger partial charge on any atom is 0.265 e. The number of anilines is 1. The number of ether oxygens (including phenoxy) is 1. The minimum atomic E-state index is -0.399. The van der Waals surface area contributed by atoms with Gasteiger partial charge in [0.05, 0.1) is 30.4 Å². The Morgan fingerprint density at radius 2 is 2.00 bits per heavy atom.